The van der Waals surface area contributed by atoms with Crippen LogP contribution in [0.25, 0.3) is 0 Å². The van der Waals surface area contributed by atoms with E-state index in [9.17, 15) is 4.79 Å². The quantitative estimate of drug-likeness (QED) is 0.839. The predicted octanol–water partition coefficient (Wildman–Crippen LogP) is 3.23. The van der Waals surface area contributed by atoms with Crippen LogP contribution in [0.2, 0.25) is 0 Å². The highest BCUT2D eigenvalue weighted by atomic mass is 79.9. The number of hydrogen-bond donors (Lipinski definition) is 1. The van der Waals surface area contributed by atoms with E-state index in [0.29, 0.717) is 6.54 Å². The largest absolute Gasteiger partial charge is 0.496 e. The Hall–Kier alpha value is -0.780. The van der Waals surface area contributed by atoms with Crippen molar-refractivity contribution in [1.82, 2.24) is 10.2 Å². The maximum Gasteiger partial charge on any atom is 0.226 e. The molecule has 3 rings (SSSR count). The first-order valence-electron chi connectivity index (χ1n) is 7.84. The maximum absolute atomic E-state index is 12.7. The molecule has 1 atom stereocenters. The van der Waals surface area contributed by atoms with Crippen LogP contribution in [0, 0.1) is 11.3 Å². The second kappa shape index (κ2) is 7.41. The zero-order valence-electron chi connectivity index (χ0n) is 13.6. The van der Waals surface area contributed by atoms with E-state index >= 15 is 0 Å². The van der Waals surface area contributed by atoms with E-state index in [0.717, 1.165) is 48.1 Å². The van der Waals surface area contributed by atoms with Gasteiger partial charge in [0, 0.05) is 29.5 Å². The van der Waals surface area contributed by atoms with Gasteiger partial charge in [0.25, 0.3) is 0 Å². The summed E-state index contributed by atoms with van der Waals surface area (Å²) in [7, 11) is 3.56. The van der Waals surface area contributed by atoms with Gasteiger partial charge in [-0.2, -0.15) is 0 Å². The van der Waals surface area contributed by atoms with Gasteiger partial charge in [0.1, 0.15) is 5.75 Å². The van der Waals surface area contributed by atoms with Crippen molar-refractivity contribution in [2.75, 3.05) is 27.2 Å². The topological polar surface area (TPSA) is 41.6 Å². The molecule has 23 heavy (non-hydrogen) atoms. The molecule has 0 bridgehead atoms. The highest BCUT2D eigenvalue weighted by molar-refractivity contribution is 9.10. The lowest BCUT2D eigenvalue weighted by Gasteiger charge is -2.25. The summed E-state index contributed by atoms with van der Waals surface area (Å²) in [6, 6.07) is 5.91. The monoisotopic (exact) mass is 402 g/mol. The van der Waals surface area contributed by atoms with Gasteiger partial charge in [-0.25, -0.2) is 0 Å². The number of nitrogens with zero attached hydrogens (tertiary/aromatic N) is 1. The number of ether oxygens (including phenoxy) is 1. The molecule has 1 heterocycles. The Balaban J connectivity index is 0.00000192. The zero-order chi connectivity index (χ0) is 15.7. The van der Waals surface area contributed by atoms with Crippen molar-refractivity contribution in [3.8, 4) is 5.75 Å². The fourth-order valence-corrected chi connectivity index (χ4v) is 4.05. The van der Waals surface area contributed by atoms with Gasteiger partial charge in [-0.05, 0) is 56.0 Å². The van der Waals surface area contributed by atoms with Crippen molar-refractivity contribution in [3.63, 3.8) is 0 Å². The average Bonchev–Trinajstić information content (AvgIpc) is 3.20. The zero-order valence-corrected chi connectivity index (χ0v) is 16.0. The van der Waals surface area contributed by atoms with Gasteiger partial charge >= 0.3 is 0 Å². The number of halogens is 2. The summed E-state index contributed by atoms with van der Waals surface area (Å²) in [6.45, 7) is 2.69. The number of carbonyl (C=O) groups is 1. The maximum atomic E-state index is 12.7. The predicted molar refractivity (Wildman–Crippen MR) is 97.1 cm³/mol. The first kappa shape index (κ1) is 18.6. The number of hydrogen-bond acceptors (Lipinski definition) is 3. The first-order chi connectivity index (χ1) is 10.6. The molecule has 1 saturated carbocycles. The fourth-order valence-electron chi connectivity index (χ4n) is 3.64. The number of amides is 1. The third kappa shape index (κ3) is 3.83. The second-order valence-corrected chi connectivity index (χ2v) is 7.44. The summed E-state index contributed by atoms with van der Waals surface area (Å²) in [6.07, 6.45) is 3.34. The molecule has 1 amide bonds. The van der Waals surface area contributed by atoms with Crippen LogP contribution in [0.3, 0.4) is 0 Å². The van der Waals surface area contributed by atoms with E-state index in [1.54, 1.807) is 7.11 Å². The lowest BCUT2D eigenvalue weighted by molar-refractivity contribution is -0.132. The Morgan fingerprint density at radius 3 is 2.78 bits per heavy atom. The van der Waals surface area contributed by atoms with Crippen LogP contribution in [0.4, 0.5) is 0 Å². The Morgan fingerprint density at radius 2 is 2.13 bits per heavy atom. The number of carbonyl (C=O) groups excluding carboxylic acids is 1. The second-order valence-electron chi connectivity index (χ2n) is 6.52. The summed E-state index contributed by atoms with van der Waals surface area (Å²) in [5, 5.41) is 3.38. The fraction of sp³-hybridized carbons (Fsp3) is 0.588. The van der Waals surface area contributed by atoms with Gasteiger partial charge < -0.3 is 15.0 Å². The van der Waals surface area contributed by atoms with Crippen LogP contribution >= 0.6 is 28.3 Å². The van der Waals surface area contributed by atoms with Crippen LogP contribution in [0.1, 0.15) is 24.8 Å². The summed E-state index contributed by atoms with van der Waals surface area (Å²) < 4.78 is 6.40. The SMILES string of the molecule is COc1ccc(Br)cc1CN(C)C(=O)C1CC12CCNCC2.Cl. The molecule has 1 aromatic carbocycles. The van der Waals surface area contributed by atoms with Crippen LogP contribution < -0.4 is 10.1 Å². The van der Waals surface area contributed by atoms with Crippen molar-refractivity contribution in [2.24, 2.45) is 11.3 Å². The van der Waals surface area contributed by atoms with E-state index in [2.05, 4.69) is 21.2 Å². The lowest BCUT2D eigenvalue weighted by Crippen LogP contribution is -2.34. The van der Waals surface area contributed by atoms with Gasteiger partial charge in [-0.3, -0.25) is 4.79 Å². The smallest absolute Gasteiger partial charge is 0.226 e. The standard InChI is InChI=1S/C17H23BrN2O2.ClH/c1-20(11-12-9-13(18)3-4-15(12)22-2)16(21)14-10-17(14)5-7-19-8-6-17;/h3-4,9,14,19H,5-8,10-11H2,1-2H3;1H. The van der Waals surface area contributed by atoms with E-state index in [-0.39, 0.29) is 29.6 Å². The number of methoxy groups -OCH3 is 1. The molecule has 1 N–H and O–H groups in total. The minimum absolute atomic E-state index is 0. The van der Waals surface area contributed by atoms with Crippen LogP contribution in [0.15, 0.2) is 22.7 Å². The Morgan fingerprint density at radius 1 is 1.43 bits per heavy atom. The minimum Gasteiger partial charge on any atom is -0.496 e. The Bertz CT molecular complexity index is 576. The van der Waals surface area contributed by atoms with Gasteiger partial charge in [-0.15, -0.1) is 12.4 Å². The molecule has 128 valence electrons. The summed E-state index contributed by atoms with van der Waals surface area (Å²) >= 11 is 3.49. The molecule has 1 aromatic rings. The molecule has 0 radical (unpaired) electrons. The highest BCUT2D eigenvalue weighted by Crippen LogP contribution is 2.59. The molecule has 1 spiro atoms. The summed E-state index contributed by atoms with van der Waals surface area (Å²) in [4.78, 5) is 14.6. The lowest BCUT2D eigenvalue weighted by atomic mass is 9.91. The van der Waals surface area contributed by atoms with Gasteiger partial charge in [0.15, 0.2) is 0 Å². The first-order valence-corrected chi connectivity index (χ1v) is 8.63. The van der Waals surface area contributed by atoms with Crippen molar-refractivity contribution < 1.29 is 9.53 Å². The third-order valence-electron chi connectivity index (χ3n) is 5.11. The minimum atomic E-state index is 0. The van der Waals surface area contributed by atoms with Crippen molar-refractivity contribution in [3.05, 3.63) is 28.2 Å². The molecule has 2 fully saturated rings. The molecule has 1 aliphatic heterocycles. The molecular weight excluding hydrogens is 380 g/mol. The van der Waals surface area contributed by atoms with Gasteiger partial charge in [0.2, 0.25) is 5.91 Å². The van der Waals surface area contributed by atoms with Crippen molar-refractivity contribution >= 4 is 34.2 Å². The number of nitrogens with one attached hydrogen (secondary N) is 1. The highest BCUT2D eigenvalue weighted by Gasteiger charge is 2.58. The number of rotatable bonds is 4. The molecular formula is C17H24BrClN2O2. The molecule has 1 unspecified atom stereocenters. The van der Waals surface area contributed by atoms with Gasteiger partial charge in [-0.1, -0.05) is 15.9 Å². The molecule has 0 aromatic heterocycles. The molecule has 4 nitrogen and oxygen atoms in total. The van der Waals surface area contributed by atoms with Crippen LogP contribution in [0.5, 0.6) is 5.75 Å². The third-order valence-corrected chi connectivity index (χ3v) is 5.61. The molecule has 1 saturated heterocycles. The number of benzene rings is 1. The number of piperidine rings is 1. The van der Waals surface area contributed by atoms with Gasteiger partial charge in [0.05, 0.1) is 7.11 Å². The van der Waals surface area contributed by atoms with E-state index < -0.39 is 0 Å². The van der Waals surface area contributed by atoms with E-state index in [1.165, 1.54) is 0 Å². The van der Waals surface area contributed by atoms with Crippen molar-refractivity contribution in [2.45, 2.75) is 25.8 Å². The average molecular weight is 404 g/mol. The van der Waals surface area contributed by atoms with E-state index in [1.807, 2.05) is 30.1 Å². The van der Waals surface area contributed by atoms with Crippen LogP contribution in [-0.4, -0.2) is 38.1 Å². The normalized spacial score (nSPS) is 21.4. The molecule has 6 heteroatoms. The van der Waals surface area contributed by atoms with E-state index in [4.69, 9.17) is 4.74 Å². The molecule has 1 aliphatic carbocycles. The van der Waals surface area contributed by atoms with Crippen molar-refractivity contribution in [1.29, 1.82) is 0 Å². The summed E-state index contributed by atoms with van der Waals surface area (Å²) in [5.74, 6) is 1.33. The molecule has 2 aliphatic rings. The Kier molecular flexibility index (Phi) is 5.98. The summed E-state index contributed by atoms with van der Waals surface area (Å²) in [5.41, 5.74) is 1.32. The van der Waals surface area contributed by atoms with Crippen LogP contribution in [-0.2, 0) is 11.3 Å². The Labute approximate surface area is 152 Å².